The number of hydrogen-bond acceptors (Lipinski definition) is 4. The predicted molar refractivity (Wildman–Crippen MR) is 118 cm³/mol. The molecule has 146 valence electrons. The third-order valence-electron chi connectivity index (χ3n) is 4.84. The number of nitrogens with one attached hydrogen (secondary N) is 1. The fraction of sp³-hybridized carbons (Fsp3) is 0.174. The number of hydrogen-bond donors (Lipinski definition) is 1. The maximum absolute atomic E-state index is 13.0. The van der Waals surface area contributed by atoms with E-state index in [0.29, 0.717) is 15.8 Å². The van der Waals surface area contributed by atoms with Gasteiger partial charge in [0, 0.05) is 16.5 Å². The number of carbonyl (C=O) groups is 1. The van der Waals surface area contributed by atoms with Crippen molar-refractivity contribution in [3.63, 3.8) is 0 Å². The summed E-state index contributed by atoms with van der Waals surface area (Å²) in [5.74, 6) is -0.341. The first-order valence-electron chi connectivity index (χ1n) is 9.62. The third kappa shape index (κ3) is 3.98. The Balaban J connectivity index is 1.62. The largest absolute Gasteiger partial charge is 0.281 e. The summed E-state index contributed by atoms with van der Waals surface area (Å²) < 4.78 is 1.16. The van der Waals surface area contributed by atoms with Crippen LogP contribution in [0.15, 0.2) is 71.1 Å². The van der Waals surface area contributed by atoms with Crippen LogP contribution in [-0.4, -0.2) is 15.6 Å². The highest BCUT2D eigenvalue weighted by molar-refractivity contribution is 7.17. The normalized spacial score (nSPS) is 10.9. The van der Waals surface area contributed by atoms with E-state index in [9.17, 15) is 9.59 Å². The fourth-order valence-electron chi connectivity index (χ4n) is 3.22. The molecule has 6 heteroatoms. The lowest BCUT2D eigenvalue weighted by Gasteiger charge is -2.09. The third-order valence-corrected chi connectivity index (χ3v) is 5.72. The van der Waals surface area contributed by atoms with Gasteiger partial charge >= 0.3 is 0 Å². The van der Waals surface area contributed by atoms with Crippen LogP contribution < -0.4 is 11.0 Å². The van der Waals surface area contributed by atoms with Gasteiger partial charge in [-0.25, -0.2) is 9.66 Å². The molecule has 0 aliphatic carbocycles. The van der Waals surface area contributed by atoms with E-state index in [2.05, 4.69) is 17.3 Å². The van der Waals surface area contributed by atoms with Crippen LogP contribution >= 0.6 is 11.3 Å². The van der Waals surface area contributed by atoms with Crippen LogP contribution in [0.5, 0.6) is 0 Å². The lowest BCUT2D eigenvalue weighted by molar-refractivity contribution is 0.101. The second kappa shape index (κ2) is 8.41. The smallest absolute Gasteiger partial charge is 0.267 e. The highest BCUT2D eigenvalue weighted by Crippen LogP contribution is 2.30. The average Bonchev–Trinajstić information content (AvgIpc) is 3.20. The van der Waals surface area contributed by atoms with Gasteiger partial charge in [-0.1, -0.05) is 55.8 Å². The first kappa shape index (κ1) is 19.1. The number of aryl methyl sites for hydroxylation is 1. The Morgan fingerprint density at radius 3 is 2.59 bits per heavy atom. The molecule has 4 rings (SSSR count). The highest BCUT2D eigenvalue weighted by atomic mass is 32.1. The standard InChI is InChI=1S/C23H21N3O2S/c1-2-3-7-16-10-12-18(13-11-16)21(27)25-26-15-24-22-20(23(26)28)19(14-29-22)17-8-5-4-6-9-17/h4-6,8-15H,2-3,7H2,1H3,(H,25,27). The van der Waals surface area contributed by atoms with E-state index in [4.69, 9.17) is 0 Å². The number of nitrogens with zero attached hydrogens (tertiary/aromatic N) is 2. The van der Waals surface area contributed by atoms with Gasteiger partial charge in [0.1, 0.15) is 11.2 Å². The van der Waals surface area contributed by atoms with Gasteiger partial charge in [-0.05, 0) is 36.1 Å². The quantitative estimate of drug-likeness (QED) is 0.500. The molecule has 0 fully saturated rings. The molecule has 4 aromatic rings. The second-order valence-electron chi connectivity index (χ2n) is 6.86. The maximum atomic E-state index is 13.0. The number of rotatable bonds is 6. The van der Waals surface area contributed by atoms with Crippen molar-refractivity contribution in [2.24, 2.45) is 0 Å². The molecule has 1 N–H and O–H groups in total. The summed E-state index contributed by atoms with van der Waals surface area (Å²) in [6, 6.07) is 17.2. The molecule has 0 unspecified atom stereocenters. The first-order chi connectivity index (χ1) is 14.2. The van der Waals surface area contributed by atoms with Gasteiger partial charge in [0.2, 0.25) is 0 Å². The van der Waals surface area contributed by atoms with Crippen molar-refractivity contribution >= 4 is 27.5 Å². The number of carbonyl (C=O) groups excluding carboxylic acids is 1. The van der Waals surface area contributed by atoms with Gasteiger partial charge in [0.15, 0.2) is 0 Å². The molecule has 0 atom stereocenters. The van der Waals surface area contributed by atoms with E-state index in [1.165, 1.54) is 23.2 Å². The van der Waals surface area contributed by atoms with Crippen LogP contribution in [-0.2, 0) is 6.42 Å². The zero-order chi connectivity index (χ0) is 20.2. The van der Waals surface area contributed by atoms with Crippen LogP contribution in [0.3, 0.4) is 0 Å². The first-order valence-corrected chi connectivity index (χ1v) is 10.5. The van der Waals surface area contributed by atoms with Gasteiger partial charge in [-0.3, -0.25) is 15.0 Å². The summed E-state index contributed by atoms with van der Waals surface area (Å²) in [4.78, 5) is 30.7. The molecular weight excluding hydrogens is 382 g/mol. The van der Waals surface area contributed by atoms with Crippen LogP contribution in [0.2, 0.25) is 0 Å². The number of aromatic nitrogens is 2. The summed E-state index contributed by atoms with van der Waals surface area (Å²) in [7, 11) is 0. The molecule has 0 saturated carbocycles. The van der Waals surface area contributed by atoms with E-state index < -0.39 is 0 Å². The van der Waals surface area contributed by atoms with Crippen molar-refractivity contribution in [1.82, 2.24) is 9.66 Å². The minimum Gasteiger partial charge on any atom is -0.267 e. The topological polar surface area (TPSA) is 64.0 Å². The molecule has 2 aromatic heterocycles. The molecule has 0 saturated heterocycles. The van der Waals surface area contributed by atoms with Crippen LogP contribution in [0.4, 0.5) is 0 Å². The van der Waals surface area contributed by atoms with Crippen molar-refractivity contribution in [3.05, 3.63) is 87.8 Å². The number of fused-ring (bicyclic) bond motifs is 1. The van der Waals surface area contributed by atoms with Crippen molar-refractivity contribution in [2.45, 2.75) is 26.2 Å². The zero-order valence-corrected chi connectivity index (χ0v) is 16.9. The van der Waals surface area contributed by atoms with Gasteiger partial charge in [-0.2, -0.15) is 0 Å². The van der Waals surface area contributed by atoms with Crippen molar-refractivity contribution < 1.29 is 4.79 Å². The van der Waals surface area contributed by atoms with Crippen LogP contribution in [0, 0.1) is 0 Å². The number of benzene rings is 2. The molecule has 5 nitrogen and oxygen atoms in total. The van der Waals surface area contributed by atoms with Crippen LogP contribution in [0.25, 0.3) is 21.3 Å². The molecule has 2 heterocycles. The molecule has 29 heavy (non-hydrogen) atoms. The van der Waals surface area contributed by atoms with Gasteiger partial charge in [0.05, 0.1) is 5.39 Å². The van der Waals surface area contributed by atoms with E-state index in [0.717, 1.165) is 35.1 Å². The summed E-state index contributed by atoms with van der Waals surface area (Å²) in [5.41, 5.74) is 5.85. The van der Waals surface area contributed by atoms with Crippen molar-refractivity contribution in [2.75, 3.05) is 5.43 Å². The number of thiophene rings is 1. The van der Waals surface area contributed by atoms with E-state index in [-0.39, 0.29) is 11.5 Å². The maximum Gasteiger partial charge on any atom is 0.281 e. The van der Waals surface area contributed by atoms with Gasteiger partial charge in [-0.15, -0.1) is 11.3 Å². The Kier molecular flexibility index (Phi) is 5.53. The Labute approximate surface area is 172 Å². The Bertz CT molecular complexity index is 1190. The lowest BCUT2D eigenvalue weighted by atomic mass is 10.1. The lowest BCUT2D eigenvalue weighted by Crippen LogP contribution is -2.33. The molecule has 0 aliphatic rings. The predicted octanol–water partition coefficient (Wildman–Crippen LogP) is 4.85. The Hall–Kier alpha value is -3.25. The SMILES string of the molecule is CCCCc1ccc(C(=O)Nn2cnc3scc(-c4ccccc4)c3c2=O)cc1. The van der Waals surface area contributed by atoms with Gasteiger partial charge in [0.25, 0.3) is 11.5 Å². The fourth-order valence-corrected chi connectivity index (χ4v) is 4.13. The van der Waals surface area contributed by atoms with E-state index >= 15 is 0 Å². The average molecular weight is 404 g/mol. The minimum absolute atomic E-state index is 0.289. The Morgan fingerprint density at radius 1 is 1.10 bits per heavy atom. The molecular formula is C23H21N3O2S. The summed E-state index contributed by atoms with van der Waals surface area (Å²) >= 11 is 1.42. The molecule has 0 spiro atoms. The summed E-state index contributed by atoms with van der Waals surface area (Å²) in [5, 5.41) is 2.44. The van der Waals surface area contributed by atoms with Crippen molar-refractivity contribution in [3.8, 4) is 11.1 Å². The monoisotopic (exact) mass is 403 g/mol. The van der Waals surface area contributed by atoms with Crippen molar-refractivity contribution in [1.29, 1.82) is 0 Å². The molecule has 2 aromatic carbocycles. The minimum atomic E-state index is -0.341. The van der Waals surface area contributed by atoms with E-state index in [1.807, 2.05) is 47.8 Å². The van der Waals surface area contributed by atoms with Crippen LogP contribution in [0.1, 0.15) is 35.7 Å². The molecule has 1 amide bonds. The molecule has 0 bridgehead atoms. The van der Waals surface area contributed by atoms with Gasteiger partial charge < -0.3 is 0 Å². The Morgan fingerprint density at radius 2 is 1.86 bits per heavy atom. The molecule has 0 aliphatic heterocycles. The zero-order valence-electron chi connectivity index (χ0n) is 16.1. The number of amides is 1. The second-order valence-corrected chi connectivity index (χ2v) is 7.71. The number of unbranched alkanes of at least 4 members (excludes halogenated alkanes) is 1. The molecule has 0 radical (unpaired) electrons. The summed E-state index contributed by atoms with van der Waals surface area (Å²) in [6.07, 6.45) is 4.62. The highest BCUT2D eigenvalue weighted by Gasteiger charge is 2.15. The van der Waals surface area contributed by atoms with E-state index in [1.54, 1.807) is 12.1 Å². The summed E-state index contributed by atoms with van der Waals surface area (Å²) in [6.45, 7) is 2.15.